The van der Waals surface area contributed by atoms with Gasteiger partial charge in [-0.3, -0.25) is 0 Å². The van der Waals surface area contributed by atoms with Crippen LogP contribution in [-0.4, -0.2) is 70.3 Å². The molecule has 0 atom stereocenters. The number of piperidine rings is 1. The zero-order valence-electron chi connectivity index (χ0n) is 14.7. The van der Waals surface area contributed by atoms with Crippen molar-refractivity contribution in [2.45, 2.75) is 18.9 Å². The number of esters is 1. The van der Waals surface area contributed by atoms with Gasteiger partial charge in [0.15, 0.2) is 0 Å². The van der Waals surface area contributed by atoms with Crippen molar-refractivity contribution in [2.24, 2.45) is 5.73 Å². The summed E-state index contributed by atoms with van der Waals surface area (Å²) < 4.78 is 4.95. The van der Waals surface area contributed by atoms with Crippen LogP contribution in [0.25, 0.3) is 0 Å². The van der Waals surface area contributed by atoms with Crippen LogP contribution < -0.4 is 15.5 Å². The Kier molecular flexibility index (Phi) is 5.26. The zero-order chi connectivity index (χ0) is 17.1. The zero-order valence-corrected chi connectivity index (χ0v) is 14.7. The van der Waals surface area contributed by atoms with Gasteiger partial charge in [0.25, 0.3) is 0 Å². The summed E-state index contributed by atoms with van der Waals surface area (Å²) in [5.74, 6) is -0.277. The third kappa shape index (κ3) is 3.82. The van der Waals surface area contributed by atoms with Crippen molar-refractivity contribution in [3.63, 3.8) is 0 Å². The van der Waals surface area contributed by atoms with Gasteiger partial charge in [-0.25, -0.2) is 4.79 Å². The van der Waals surface area contributed by atoms with Crippen LogP contribution in [0.1, 0.15) is 23.2 Å². The summed E-state index contributed by atoms with van der Waals surface area (Å²) in [6.07, 6.45) is 1.98. The summed E-state index contributed by atoms with van der Waals surface area (Å²) in [7, 11) is 3.58. The molecule has 2 heterocycles. The van der Waals surface area contributed by atoms with Crippen LogP contribution in [0.5, 0.6) is 0 Å². The van der Waals surface area contributed by atoms with E-state index in [1.165, 1.54) is 7.11 Å². The molecule has 0 radical (unpaired) electrons. The van der Waals surface area contributed by atoms with Crippen molar-refractivity contribution in [1.82, 2.24) is 4.90 Å². The minimum absolute atomic E-state index is 0.277. The predicted octanol–water partition coefficient (Wildman–Crippen LogP) is 1.15. The van der Waals surface area contributed by atoms with Gasteiger partial charge < -0.3 is 25.2 Å². The summed E-state index contributed by atoms with van der Waals surface area (Å²) in [5.41, 5.74) is 8.85. The van der Waals surface area contributed by atoms with E-state index >= 15 is 0 Å². The minimum Gasteiger partial charge on any atom is -0.465 e. The van der Waals surface area contributed by atoms with E-state index in [-0.39, 0.29) is 5.97 Å². The van der Waals surface area contributed by atoms with Crippen LogP contribution in [0, 0.1) is 0 Å². The molecule has 1 aromatic rings. The molecule has 6 nitrogen and oxygen atoms in total. The number of benzene rings is 1. The molecule has 2 N–H and O–H groups in total. The molecule has 3 rings (SSSR count). The number of hydrogen-bond acceptors (Lipinski definition) is 6. The van der Waals surface area contributed by atoms with Crippen LogP contribution in [0.4, 0.5) is 11.4 Å². The van der Waals surface area contributed by atoms with E-state index in [9.17, 15) is 4.79 Å². The van der Waals surface area contributed by atoms with Crippen molar-refractivity contribution in [3.05, 3.63) is 23.8 Å². The first-order valence-corrected chi connectivity index (χ1v) is 8.74. The number of piperazine rings is 1. The molecule has 0 spiro atoms. The normalized spacial score (nSPS) is 20.3. The number of methoxy groups -OCH3 is 1. The molecule has 0 bridgehead atoms. The first-order chi connectivity index (χ1) is 11.6. The molecule has 2 saturated heterocycles. The first kappa shape index (κ1) is 17.0. The van der Waals surface area contributed by atoms with Crippen LogP contribution in [-0.2, 0) is 4.74 Å². The van der Waals surface area contributed by atoms with Gasteiger partial charge in [-0.1, -0.05) is 0 Å². The Morgan fingerprint density at radius 1 is 1.00 bits per heavy atom. The van der Waals surface area contributed by atoms with E-state index in [2.05, 4.69) is 27.8 Å². The number of likely N-dealkylation sites (N-methyl/N-ethyl adjacent to an activating group) is 1. The number of carbonyl (C=O) groups excluding carboxylic acids is 1. The second-order valence-electron chi connectivity index (χ2n) is 6.84. The molecule has 6 heteroatoms. The summed E-state index contributed by atoms with van der Waals surface area (Å²) in [4.78, 5) is 19.1. The first-order valence-electron chi connectivity index (χ1n) is 8.74. The lowest BCUT2D eigenvalue weighted by Crippen LogP contribution is -2.44. The van der Waals surface area contributed by atoms with Crippen molar-refractivity contribution < 1.29 is 9.53 Å². The lowest BCUT2D eigenvalue weighted by molar-refractivity contribution is 0.0601. The van der Waals surface area contributed by atoms with Crippen molar-refractivity contribution in [3.8, 4) is 0 Å². The maximum atomic E-state index is 12.1. The smallest absolute Gasteiger partial charge is 0.337 e. The van der Waals surface area contributed by atoms with Gasteiger partial charge in [0, 0.05) is 56.7 Å². The highest BCUT2D eigenvalue weighted by molar-refractivity contribution is 5.92. The van der Waals surface area contributed by atoms with Gasteiger partial charge in [-0.15, -0.1) is 0 Å². The highest BCUT2D eigenvalue weighted by atomic mass is 16.5. The molecule has 132 valence electrons. The third-order valence-corrected chi connectivity index (χ3v) is 5.10. The van der Waals surface area contributed by atoms with E-state index in [1.54, 1.807) is 0 Å². The van der Waals surface area contributed by atoms with Gasteiger partial charge in [-0.05, 0) is 38.1 Å². The molecule has 2 aliphatic rings. The van der Waals surface area contributed by atoms with Gasteiger partial charge >= 0.3 is 5.97 Å². The largest absolute Gasteiger partial charge is 0.465 e. The van der Waals surface area contributed by atoms with Crippen molar-refractivity contribution in [1.29, 1.82) is 0 Å². The topological polar surface area (TPSA) is 62.0 Å². The molecular formula is C18H28N4O2. The molecule has 24 heavy (non-hydrogen) atoms. The quantitative estimate of drug-likeness (QED) is 0.838. The second-order valence-corrected chi connectivity index (χ2v) is 6.84. The Labute approximate surface area is 144 Å². The average molecular weight is 332 g/mol. The van der Waals surface area contributed by atoms with E-state index in [4.69, 9.17) is 10.5 Å². The summed E-state index contributed by atoms with van der Waals surface area (Å²) in [5, 5.41) is 0. The van der Waals surface area contributed by atoms with Crippen LogP contribution in [0.3, 0.4) is 0 Å². The van der Waals surface area contributed by atoms with Crippen LogP contribution in [0.2, 0.25) is 0 Å². The Morgan fingerprint density at radius 2 is 1.54 bits per heavy atom. The van der Waals surface area contributed by atoms with Gasteiger partial charge in [-0.2, -0.15) is 0 Å². The third-order valence-electron chi connectivity index (χ3n) is 5.10. The lowest BCUT2D eigenvalue weighted by atomic mass is 10.0. The van der Waals surface area contributed by atoms with Gasteiger partial charge in [0.05, 0.1) is 12.7 Å². The van der Waals surface area contributed by atoms with E-state index < -0.39 is 0 Å². The summed E-state index contributed by atoms with van der Waals surface area (Å²) in [6, 6.07) is 6.40. The number of hydrogen-bond donors (Lipinski definition) is 1. The summed E-state index contributed by atoms with van der Waals surface area (Å²) >= 11 is 0. The molecule has 2 aliphatic heterocycles. The molecule has 1 aromatic carbocycles. The van der Waals surface area contributed by atoms with Gasteiger partial charge in [0.1, 0.15) is 0 Å². The number of nitrogens with two attached hydrogens (primary N) is 1. The predicted molar refractivity (Wildman–Crippen MR) is 96.9 cm³/mol. The number of rotatable bonds is 3. The molecule has 0 aromatic heterocycles. The van der Waals surface area contributed by atoms with E-state index in [1.807, 2.05) is 12.1 Å². The Morgan fingerprint density at radius 3 is 2.08 bits per heavy atom. The van der Waals surface area contributed by atoms with Crippen LogP contribution >= 0.6 is 0 Å². The number of ether oxygens (including phenoxy) is 1. The molecule has 0 saturated carbocycles. The molecular weight excluding hydrogens is 304 g/mol. The average Bonchev–Trinajstić information content (AvgIpc) is 2.62. The maximum Gasteiger partial charge on any atom is 0.337 e. The van der Waals surface area contributed by atoms with Crippen molar-refractivity contribution >= 4 is 17.3 Å². The van der Waals surface area contributed by atoms with E-state index in [0.29, 0.717) is 11.6 Å². The van der Waals surface area contributed by atoms with Crippen molar-refractivity contribution in [2.75, 3.05) is 63.2 Å². The molecule has 2 fully saturated rings. The summed E-state index contributed by atoms with van der Waals surface area (Å²) in [6.45, 7) is 5.91. The van der Waals surface area contributed by atoms with Gasteiger partial charge in [0.2, 0.25) is 0 Å². The SMILES string of the molecule is COC(=O)c1cc(N2CCC(N)CC2)cc(N2CCN(C)CC2)c1. The highest BCUT2D eigenvalue weighted by Crippen LogP contribution is 2.28. The maximum absolute atomic E-state index is 12.1. The molecule has 0 aliphatic carbocycles. The fraction of sp³-hybridized carbons (Fsp3) is 0.611. The Bertz CT molecular complexity index is 536. The van der Waals surface area contributed by atoms with Crippen LogP contribution in [0.15, 0.2) is 18.2 Å². The Hall–Kier alpha value is -1.79. The molecule has 0 unspecified atom stereocenters. The Balaban J connectivity index is 1.87. The lowest BCUT2D eigenvalue weighted by Gasteiger charge is -2.36. The number of nitrogens with zero attached hydrogens (tertiary/aromatic N) is 3. The van der Waals surface area contributed by atoms with E-state index in [0.717, 1.165) is 63.5 Å². The molecule has 0 amide bonds. The fourth-order valence-corrected chi connectivity index (χ4v) is 3.42. The minimum atomic E-state index is -0.277. The number of anilines is 2. The standard InChI is InChI=1S/C18H28N4O2/c1-20-7-9-22(10-8-20)17-12-14(18(23)24-2)11-16(13-17)21-5-3-15(19)4-6-21/h11-13,15H,3-10,19H2,1-2H3. The highest BCUT2D eigenvalue weighted by Gasteiger charge is 2.21. The number of carbonyl (C=O) groups is 1. The monoisotopic (exact) mass is 332 g/mol. The second kappa shape index (κ2) is 7.40. The fourth-order valence-electron chi connectivity index (χ4n) is 3.42.